The number of hydrogen-bond donors (Lipinski definition) is 1. The van der Waals surface area contributed by atoms with Crippen LogP contribution < -0.4 is 10.5 Å². The molecule has 0 aromatic heterocycles. The standard InChI is InChI=1S/C17H23N3O3.ClH/c1-17(2)8-15(19-23-17)16(21)20-9-13(14(18)10-20)11-4-6-12(22-3)7-5-11;/h4-7,13-14H,8-10,18H2,1-3H3;1H. The number of rotatable bonds is 3. The molecule has 6 nitrogen and oxygen atoms in total. The number of nitrogens with two attached hydrogens (primary N) is 1. The van der Waals surface area contributed by atoms with Crippen molar-refractivity contribution in [2.24, 2.45) is 10.9 Å². The highest BCUT2D eigenvalue weighted by atomic mass is 35.5. The summed E-state index contributed by atoms with van der Waals surface area (Å²) in [7, 11) is 1.64. The first kappa shape index (κ1) is 18.5. The number of oxime groups is 1. The third-order valence-corrected chi connectivity index (χ3v) is 4.44. The third kappa shape index (κ3) is 3.65. The van der Waals surface area contributed by atoms with Gasteiger partial charge in [0.2, 0.25) is 0 Å². The molecule has 2 aliphatic rings. The first-order valence-electron chi connectivity index (χ1n) is 7.83. The number of methoxy groups -OCH3 is 1. The smallest absolute Gasteiger partial charge is 0.271 e. The molecule has 1 saturated heterocycles. The van der Waals surface area contributed by atoms with E-state index in [1.807, 2.05) is 38.1 Å². The lowest BCUT2D eigenvalue weighted by molar-refractivity contribution is -0.123. The minimum absolute atomic E-state index is 0. The molecule has 2 heterocycles. The highest BCUT2D eigenvalue weighted by Crippen LogP contribution is 2.30. The number of likely N-dealkylation sites (tertiary alicyclic amines) is 1. The third-order valence-electron chi connectivity index (χ3n) is 4.44. The lowest BCUT2D eigenvalue weighted by atomic mass is 9.95. The first-order valence-corrected chi connectivity index (χ1v) is 7.83. The van der Waals surface area contributed by atoms with Gasteiger partial charge in [-0.3, -0.25) is 4.79 Å². The topological polar surface area (TPSA) is 77.1 Å². The van der Waals surface area contributed by atoms with Crippen molar-refractivity contribution in [2.45, 2.75) is 37.8 Å². The van der Waals surface area contributed by atoms with Crippen LogP contribution in [0.15, 0.2) is 29.4 Å². The summed E-state index contributed by atoms with van der Waals surface area (Å²) in [6, 6.07) is 7.78. The molecule has 2 unspecified atom stereocenters. The Balaban J connectivity index is 0.00000208. The monoisotopic (exact) mass is 353 g/mol. The summed E-state index contributed by atoms with van der Waals surface area (Å²) in [5.41, 5.74) is 7.47. The molecule has 1 aromatic rings. The van der Waals surface area contributed by atoms with Crippen molar-refractivity contribution in [3.63, 3.8) is 0 Å². The molecule has 0 saturated carbocycles. The fourth-order valence-corrected chi connectivity index (χ4v) is 3.14. The molecule has 7 heteroatoms. The molecule has 2 atom stereocenters. The number of nitrogens with zero attached hydrogens (tertiary/aromatic N) is 2. The lowest BCUT2D eigenvalue weighted by Gasteiger charge is -2.17. The van der Waals surface area contributed by atoms with E-state index in [1.165, 1.54) is 0 Å². The summed E-state index contributed by atoms with van der Waals surface area (Å²) in [6.07, 6.45) is 0.533. The van der Waals surface area contributed by atoms with Crippen molar-refractivity contribution in [2.75, 3.05) is 20.2 Å². The van der Waals surface area contributed by atoms with Crippen LogP contribution in [0, 0.1) is 0 Å². The van der Waals surface area contributed by atoms with Crippen molar-refractivity contribution in [3.05, 3.63) is 29.8 Å². The fraction of sp³-hybridized carbons (Fsp3) is 0.529. The van der Waals surface area contributed by atoms with E-state index < -0.39 is 5.60 Å². The molecule has 1 fully saturated rings. The lowest BCUT2D eigenvalue weighted by Crippen LogP contribution is -2.37. The van der Waals surface area contributed by atoms with Crippen molar-refractivity contribution in [1.29, 1.82) is 0 Å². The van der Waals surface area contributed by atoms with Crippen LogP contribution in [-0.2, 0) is 9.63 Å². The van der Waals surface area contributed by atoms with Crippen LogP contribution in [0.1, 0.15) is 31.7 Å². The summed E-state index contributed by atoms with van der Waals surface area (Å²) >= 11 is 0. The number of hydrogen-bond acceptors (Lipinski definition) is 5. The first-order chi connectivity index (χ1) is 10.9. The average Bonchev–Trinajstić information content (AvgIpc) is 3.09. The second-order valence-electron chi connectivity index (χ2n) is 6.82. The Bertz CT molecular complexity index is 630. The Labute approximate surface area is 148 Å². The largest absolute Gasteiger partial charge is 0.497 e. The van der Waals surface area contributed by atoms with Crippen molar-refractivity contribution in [1.82, 2.24) is 4.90 Å². The number of ether oxygens (including phenoxy) is 1. The van der Waals surface area contributed by atoms with Crippen LogP contribution >= 0.6 is 12.4 Å². The van der Waals surface area contributed by atoms with Gasteiger partial charge < -0.3 is 20.2 Å². The van der Waals surface area contributed by atoms with Crippen LogP contribution in [0.5, 0.6) is 5.75 Å². The molecule has 1 amide bonds. The Morgan fingerprint density at radius 2 is 2.00 bits per heavy atom. The zero-order valence-corrected chi connectivity index (χ0v) is 15.0. The minimum atomic E-state index is -0.401. The Morgan fingerprint density at radius 3 is 2.54 bits per heavy atom. The molecule has 0 radical (unpaired) electrons. The van der Waals surface area contributed by atoms with Gasteiger partial charge in [0.05, 0.1) is 7.11 Å². The molecular formula is C17H24ClN3O3. The SMILES string of the molecule is COc1ccc(C2CN(C(=O)C3=NOC(C)(C)C3)CC2N)cc1.Cl. The fourth-order valence-electron chi connectivity index (χ4n) is 3.14. The number of amides is 1. The van der Waals surface area contributed by atoms with E-state index in [-0.39, 0.29) is 30.3 Å². The molecule has 0 bridgehead atoms. The summed E-state index contributed by atoms with van der Waals surface area (Å²) in [4.78, 5) is 19.7. The van der Waals surface area contributed by atoms with Crippen LogP contribution in [0.4, 0.5) is 0 Å². The number of carbonyl (C=O) groups is 1. The van der Waals surface area contributed by atoms with Gasteiger partial charge in [-0.05, 0) is 31.5 Å². The van der Waals surface area contributed by atoms with Gasteiger partial charge in [0.1, 0.15) is 17.1 Å². The van der Waals surface area contributed by atoms with Gasteiger partial charge >= 0.3 is 0 Å². The van der Waals surface area contributed by atoms with Gasteiger partial charge in [-0.15, -0.1) is 12.4 Å². The Kier molecular flexibility index (Phi) is 5.40. The normalized spacial score (nSPS) is 24.8. The van der Waals surface area contributed by atoms with E-state index in [9.17, 15) is 4.79 Å². The van der Waals surface area contributed by atoms with Crippen LogP contribution in [0.3, 0.4) is 0 Å². The van der Waals surface area contributed by atoms with E-state index in [2.05, 4.69) is 5.16 Å². The second kappa shape index (κ2) is 6.99. The molecule has 24 heavy (non-hydrogen) atoms. The maximum absolute atomic E-state index is 12.6. The highest BCUT2D eigenvalue weighted by Gasteiger charge is 2.39. The van der Waals surface area contributed by atoms with Gasteiger partial charge in [0.25, 0.3) is 5.91 Å². The van der Waals surface area contributed by atoms with Crippen LogP contribution in [-0.4, -0.2) is 48.4 Å². The summed E-state index contributed by atoms with van der Waals surface area (Å²) in [6.45, 7) is 4.99. The highest BCUT2D eigenvalue weighted by molar-refractivity contribution is 6.39. The van der Waals surface area contributed by atoms with Crippen LogP contribution in [0.2, 0.25) is 0 Å². The predicted octanol–water partition coefficient (Wildman–Crippen LogP) is 1.92. The molecule has 3 rings (SSSR count). The second-order valence-corrected chi connectivity index (χ2v) is 6.82. The summed E-state index contributed by atoms with van der Waals surface area (Å²) < 4.78 is 5.18. The maximum atomic E-state index is 12.6. The maximum Gasteiger partial charge on any atom is 0.271 e. The zero-order valence-electron chi connectivity index (χ0n) is 14.2. The van der Waals surface area contributed by atoms with Crippen LogP contribution in [0.25, 0.3) is 0 Å². The van der Waals surface area contributed by atoms with Crippen molar-refractivity contribution >= 4 is 24.0 Å². The van der Waals surface area contributed by atoms with E-state index in [4.69, 9.17) is 15.3 Å². The molecule has 1 aromatic carbocycles. The van der Waals surface area contributed by atoms with Gasteiger partial charge in [-0.1, -0.05) is 17.3 Å². The quantitative estimate of drug-likeness (QED) is 0.900. The van der Waals surface area contributed by atoms with E-state index in [0.717, 1.165) is 11.3 Å². The molecule has 2 aliphatic heterocycles. The van der Waals surface area contributed by atoms with Crippen molar-refractivity contribution < 1.29 is 14.4 Å². The molecule has 0 spiro atoms. The van der Waals surface area contributed by atoms with Crippen molar-refractivity contribution in [3.8, 4) is 5.75 Å². The average molecular weight is 354 g/mol. The summed E-state index contributed by atoms with van der Waals surface area (Å²) in [5.74, 6) is 0.871. The van der Waals surface area contributed by atoms with Gasteiger partial charge in [-0.2, -0.15) is 0 Å². The Morgan fingerprint density at radius 1 is 1.33 bits per heavy atom. The number of halogens is 1. The van der Waals surface area contributed by atoms with E-state index in [0.29, 0.717) is 25.2 Å². The predicted molar refractivity (Wildman–Crippen MR) is 94.8 cm³/mol. The Hall–Kier alpha value is -1.79. The minimum Gasteiger partial charge on any atom is -0.497 e. The van der Waals surface area contributed by atoms with E-state index in [1.54, 1.807) is 12.0 Å². The molecule has 0 aliphatic carbocycles. The zero-order chi connectivity index (χ0) is 16.6. The van der Waals surface area contributed by atoms with Gasteiger partial charge in [0, 0.05) is 31.5 Å². The van der Waals surface area contributed by atoms with Gasteiger partial charge in [0.15, 0.2) is 0 Å². The summed E-state index contributed by atoms with van der Waals surface area (Å²) in [5, 5.41) is 3.95. The van der Waals surface area contributed by atoms with E-state index >= 15 is 0 Å². The molecule has 2 N–H and O–H groups in total. The molecular weight excluding hydrogens is 330 g/mol. The number of benzene rings is 1. The molecule has 132 valence electrons. The number of carbonyl (C=O) groups excluding carboxylic acids is 1. The van der Waals surface area contributed by atoms with Gasteiger partial charge in [-0.25, -0.2) is 0 Å².